The molecule has 1 aliphatic rings. The molecule has 0 aliphatic carbocycles. The number of halogens is 2. The van der Waals surface area contributed by atoms with Gasteiger partial charge >= 0.3 is 5.97 Å². The first-order valence-electron chi connectivity index (χ1n) is 9.76. The Morgan fingerprint density at radius 3 is 2.59 bits per heavy atom. The van der Waals surface area contributed by atoms with Crippen molar-refractivity contribution in [1.29, 1.82) is 0 Å². The number of amides is 1. The van der Waals surface area contributed by atoms with Crippen LogP contribution in [0.15, 0.2) is 53.1 Å². The molecule has 2 N–H and O–H groups in total. The van der Waals surface area contributed by atoms with E-state index < -0.39 is 11.5 Å². The van der Waals surface area contributed by atoms with E-state index in [1.54, 1.807) is 42.8 Å². The number of fused-ring (bicyclic) bond motifs is 1. The maximum Gasteiger partial charge on any atom is 0.307 e. The number of rotatable bonds is 8. The van der Waals surface area contributed by atoms with Crippen LogP contribution in [0, 0.1) is 0 Å². The standard InChI is InChI=1S/C23H24Cl2N2O5/c1-13(9-20(28)29)5-6-16(14(2)24)23(11-32-12-23)26-22(30)18-10-15-17(27(18)3)7-8-19(31-4)21(15)25/h5-8,10H,1,9,11-12H2,2-4H3,(H,26,30)(H,28,29)/b6-5-,16-14-. The molecule has 0 atom stereocenters. The zero-order valence-electron chi connectivity index (χ0n) is 18.0. The van der Waals surface area contributed by atoms with E-state index in [1.807, 2.05) is 6.07 Å². The first-order chi connectivity index (χ1) is 15.1. The van der Waals surface area contributed by atoms with Gasteiger partial charge in [0.05, 0.1) is 37.3 Å². The summed E-state index contributed by atoms with van der Waals surface area (Å²) in [6, 6.07) is 5.30. The molecule has 3 rings (SSSR count). The van der Waals surface area contributed by atoms with Gasteiger partial charge < -0.3 is 24.5 Å². The summed E-state index contributed by atoms with van der Waals surface area (Å²) >= 11 is 12.8. The molecule has 9 heteroatoms. The van der Waals surface area contributed by atoms with Crippen LogP contribution in [0.4, 0.5) is 0 Å². The van der Waals surface area contributed by atoms with Crippen LogP contribution in [0.1, 0.15) is 23.8 Å². The van der Waals surface area contributed by atoms with E-state index in [0.29, 0.717) is 38.0 Å². The van der Waals surface area contributed by atoms with Crippen molar-refractivity contribution in [2.24, 2.45) is 7.05 Å². The first-order valence-corrected chi connectivity index (χ1v) is 10.5. The predicted octanol–water partition coefficient (Wildman–Crippen LogP) is 4.44. The fourth-order valence-electron chi connectivity index (χ4n) is 3.67. The fraction of sp³-hybridized carbons (Fsp3) is 0.304. The predicted molar refractivity (Wildman–Crippen MR) is 125 cm³/mol. The van der Waals surface area contributed by atoms with Gasteiger partial charge in [-0.2, -0.15) is 0 Å². The zero-order chi connectivity index (χ0) is 23.6. The summed E-state index contributed by atoms with van der Waals surface area (Å²) in [6.45, 7) is 5.90. The van der Waals surface area contributed by atoms with Crippen molar-refractivity contribution in [3.63, 3.8) is 0 Å². The van der Waals surface area contributed by atoms with Gasteiger partial charge in [-0.1, -0.05) is 41.9 Å². The molecule has 1 fully saturated rings. The largest absolute Gasteiger partial charge is 0.495 e. The van der Waals surface area contributed by atoms with Crippen molar-refractivity contribution >= 4 is 46.0 Å². The normalized spacial score (nSPS) is 15.9. The maximum absolute atomic E-state index is 13.3. The second kappa shape index (κ2) is 9.40. The highest BCUT2D eigenvalue weighted by Gasteiger charge is 2.44. The van der Waals surface area contributed by atoms with E-state index in [0.717, 1.165) is 5.52 Å². The number of carboxylic acids is 1. The summed E-state index contributed by atoms with van der Waals surface area (Å²) in [5.41, 5.74) is 1.39. The average Bonchev–Trinajstić information content (AvgIpc) is 3.03. The van der Waals surface area contributed by atoms with Gasteiger partial charge in [-0.05, 0) is 36.3 Å². The molecule has 0 radical (unpaired) electrons. The van der Waals surface area contributed by atoms with Crippen LogP contribution in [0.3, 0.4) is 0 Å². The SMILES string of the molecule is C=C(/C=C\C(=C(/C)Cl)C1(NC(=O)c2cc3c(Cl)c(OC)ccc3n2C)COC1)CC(=O)O. The average molecular weight is 479 g/mol. The van der Waals surface area contributed by atoms with Crippen LogP contribution in [-0.4, -0.2) is 47.4 Å². The lowest BCUT2D eigenvalue weighted by atomic mass is 9.86. The molecular weight excluding hydrogens is 455 g/mol. The molecule has 0 unspecified atom stereocenters. The van der Waals surface area contributed by atoms with E-state index in [1.165, 1.54) is 7.11 Å². The maximum atomic E-state index is 13.3. The molecule has 1 amide bonds. The molecule has 7 nitrogen and oxygen atoms in total. The molecule has 1 saturated heterocycles. The number of carbonyl (C=O) groups excluding carboxylic acids is 1. The van der Waals surface area contributed by atoms with Crippen molar-refractivity contribution < 1.29 is 24.2 Å². The summed E-state index contributed by atoms with van der Waals surface area (Å²) < 4.78 is 12.4. The summed E-state index contributed by atoms with van der Waals surface area (Å²) in [4.78, 5) is 24.2. The van der Waals surface area contributed by atoms with Gasteiger partial charge in [-0.3, -0.25) is 9.59 Å². The molecule has 1 aromatic heterocycles. The van der Waals surface area contributed by atoms with Gasteiger partial charge in [-0.25, -0.2) is 0 Å². The molecule has 2 aromatic rings. The van der Waals surface area contributed by atoms with Crippen LogP contribution < -0.4 is 10.1 Å². The second-order valence-electron chi connectivity index (χ2n) is 7.64. The van der Waals surface area contributed by atoms with Crippen LogP contribution in [0.5, 0.6) is 5.75 Å². The van der Waals surface area contributed by atoms with E-state index in [-0.39, 0.29) is 25.5 Å². The van der Waals surface area contributed by atoms with Gasteiger partial charge in [0.15, 0.2) is 0 Å². The Labute approximate surface area is 195 Å². The van der Waals surface area contributed by atoms with Crippen molar-refractivity contribution in [3.05, 3.63) is 63.8 Å². The lowest BCUT2D eigenvalue weighted by Gasteiger charge is -2.43. The molecule has 1 aromatic carbocycles. The smallest absolute Gasteiger partial charge is 0.307 e. The minimum absolute atomic E-state index is 0.193. The number of methoxy groups -OCH3 is 1. The monoisotopic (exact) mass is 478 g/mol. The molecule has 170 valence electrons. The molecule has 2 heterocycles. The Morgan fingerprint density at radius 2 is 2.06 bits per heavy atom. The number of carboxylic acid groups (broad SMARTS) is 1. The van der Waals surface area contributed by atoms with Crippen LogP contribution in [0.2, 0.25) is 5.02 Å². The van der Waals surface area contributed by atoms with Gasteiger partial charge in [0.2, 0.25) is 0 Å². The molecule has 1 aliphatic heterocycles. The molecular formula is C23H24Cl2N2O5. The first kappa shape index (κ1) is 23.9. The number of carbonyl (C=O) groups is 2. The number of allylic oxidation sites excluding steroid dienone is 2. The number of aryl methyl sites for hydroxylation is 1. The van der Waals surface area contributed by atoms with E-state index >= 15 is 0 Å². The third-order valence-electron chi connectivity index (χ3n) is 5.38. The van der Waals surface area contributed by atoms with Gasteiger partial charge in [0, 0.05) is 17.5 Å². The highest BCUT2D eigenvalue weighted by Crippen LogP contribution is 2.35. The third-order valence-corrected chi connectivity index (χ3v) is 5.97. The number of hydrogen-bond donors (Lipinski definition) is 2. The van der Waals surface area contributed by atoms with Crippen LogP contribution in [0.25, 0.3) is 10.9 Å². The number of nitrogens with one attached hydrogen (secondary N) is 1. The quantitative estimate of drug-likeness (QED) is 0.547. The van der Waals surface area contributed by atoms with Crippen LogP contribution >= 0.6 is 23.2 Å². The summed E-state index contributed by atoms with van der Waals surface area (Å²) in [5.74, 6) is -0.778. The molecule has 32 heavy (non-hydrogen) atoms. The third kappa shape index (κ3) is 4.55. The molecule has 0 saturated carbocycles. The van der Waals surface area contributed by atoms with Gasteiger partial charge in [0.25, 0.3) is 5.91 Å². The Balaban J connectivity index is 1.92. The summed E-state index contributed by atoms with van der Waals surface area (Å²) in [5, 5.41) is 13.6. The van der Waals surface area contributed by atoms with Crippen molar-refractivity contribution in [2.75, 3.05) is 20.3 Å². The van der Waals surface area contributed by atoms with Crippen LogP contribution in [-0.2, 0) is 16.6 Å². The lowest BCUT2D eigenvalue weighted by molar-refractivity contribution is -0.136. The fourth-order valence-corrected chi connectivity index (χ4v) is 4.21. The number of aromatic nitrogens is 1. The number of hydrogen-bond acceptors (Lipinski definition) is 4. The number of aliphatic carboxylic acids is 1. The van der Waals surface area contributed by atoms with Gasteiger partial charge in [0.1, 0.15) is 17.0 Å². The topological polar surface area (TPSA) is 89.8 Å². The Morgan fingerprint density at radius 1 is 1.38 bits per heavy atom. The minimum atomic E-state index is -0.978. The number of ether oxygens (including phenoxy) is 2. The Bertz CT molecular complexity index is 1150. The lowest BCUT2D eigenvalue weighted by Crippen LogP contribution is -2.63. The molecule has 0 bridgehead atoms. The van der Waals surface area contributed by atoms with E-state index in [2.05, 4.69) is 11.9 Å². The van der Waals surface area contributed by atoms with Crippen molar-refractivity contribution in [3.8, 4) is 5.75 Å². The molecule has 0 spiro atoms. The Kier molecular flexibility index (Phi) is 7.03. The highest BCUT2D eigenvalue weighted by molar-refractivity contribution is 6.37. The highest BCUT2D eigenvalue weighted by atomic mass is 35.5. The van der Waals surface area contributed by atoms with Crippen molar-refractivity contribution in [2.45, 2.75) is 18.9 Å². The van der Waals surface area contributed by atoms with Crippen molar-refractivity contribution in [1.82, 2.24) is 9.88 Å². The number of nitrogens with zero attached hydrogens (tertiary/aromatic N) is 1. The van der Waals surface area contributed by atoms with E-state index in [4.69, 9.17) is 37.8 Å². The zero-order valence-corrected chi connectivity index (χ0v) is 19.5. The second-order valence-corrected chi connectivity index (χ2v) is 8.59. The van der Waals surface area contributed by atoms with E-state index in [9.17, 15) is 9.59 Å². The minimum Gasteiger partial charge on any atom is -0.495 e. The van der Waals surface area contributed by atoms with Gasteiger partial charge in [-0.15, -0.1) is 0 Å². The summed E-state index contributed by atoms with van der Waals surface area (Å²) in [6.07, 6.45) is 3.07. The number of benzene rings is 1. The summed E-state index contributed by atoms with van der Waals surface area (Å²) in [7, 11) is 3.31. The Hall–Kier alpha value is -2.74.